The van der Waals surface area contributed by atoms with Gasteiger partial charge in [-0.05, 0) is 49.9 Å². The highest BCUT2D eigenvalue weighted by atomic mass is 16.5. The number of hydrogen-bond donors (Lipinski definition) is 0. The van der Waals surface area contributed by atoms with Crippen molar-refractivity contribution in [1.82, 2.24) is 9.88 Å². The van der Waals surface area contributed by atoms with Crippen molar-refractivity contribution in [3.8, 4) is 11.5 Å². The normalized spacial score (nSPS) is 17.0. The zero-order valence-electron chi connectivity index (χ0n) is 15.5. The number of hydrogen-bond acceptors (Lipinski definition) is 4. The molecule has 1 amide bonds. The lowest BCUT2D eigenvalue weighted by Gasteiger charge is -2.31. The smallest absolute Gasteiger partial charge is 0.254 e. The van der Waals surface area contributed by atoms with Crippen LogP contribution in [0.3, 0.4) is 0 Å². The van der Waals surface area contributed by atoms with E-state index < -0.39 is 0 Å². The molecule has 1 aromatic carbocycles. The summed E-state index contributed by atoms with van der Waals surface area (Å²) in [5, 5.41) is 0. The SMILES string of the molecule is CCOc1cc(C(=O)N2CCCC(C)C2)ccc1OCc1cccnc1. The maximum absolute atomic E-state index is 12.8. The summed E-state index contributed by atoms with van der Waals surface area (Å²) >= 11 is 0. The number of nitrogens with zero attached hydrogens (tertiary/aromatic N) is 2. The highest BCUT2D eigenvalue weighted by Crippen LogP contribution is 2.30. The van der Waals surface area contributed by atoms with E-state index >= 15 is 0 Å². The van der Waals surface area contributed by atoms with Crippen molar-refractivity contribution >= 4 is 5.91 Å². The number of rotatable bonds is 6. The predicted octanol–water partition coefficient (Wildman–Crippen LogP) is 3.93. The standard InChI is InChI=1S/C21H26N2O3/c1-3-25-20-12-18(21(24)23-11-5-6-16(2)14-23)8-9-19(20)26-15-17-7-4-10-22-13-17/h4,7-10,12-13,16H,3,5-6,11,14-15H2,1-2H3. The Labute approximate surface area is 155 Å². The molecule has 0 N–H and O–H groups in total. The summed E-state index contributed by atoms with van der Waals surface area (Å²) in [5.74, 6) is 1.86. The number of amides is 1. The van der Waals surface area contributed by atoms with Gasteiger partial charge in [-0.3, -0.25) is 9.78 Å². The van der Waals surface area contributed by atoms with Gasteiger partial charge in [0.2, 0.25) is 0 Å². The van der Waals surface area contributed by atoms with Crippen LogP contribution in [0, 0.1) is 5.92 Å². The lowest BCUT2D eigenvalue weighted by molar-refractivity contribution is 0.0682. The quantitative estimate of drug-likeness (QED) is 0.789. The summed E-state index contributed by atoms with van der Waals surface area (Å²) in [6.07, 6.45) is 5.76. The van der Waals surface area contributed by atoms with Gasteiger partial charge in [0.25, 0.3) is 5.91 Å². The molecule has 1 fully saturated rings. The first kappa shape index (κ1) is 18.2. The third kappa shape index (κ3) is 4.54. The number of carbonyl (C=O) groups is 1. The molecule has 1 aliphatic rings. The van der Waals surface area contributed by atoms with Crippen molar-refractivity contribution in [1.29, 1.82) is 0 Å². The molecule has 0 aliphatic carbocycles. The Morgan fingerprint density at radius 1 is 1.27 bits per heavy atom. The van der Waals surface area contributed by atoms with Gasteiger partial charge in [-0.1, -0.05) is 13.0 Å². The topological polar surface area (TPSA) is 51.7 Å². The first-order chi connectivity index (χ1) is 12.7. The van der Waals surface area contributed by atoms with Crippen LogP contribution in [0.2, 0.25) is 0 Å². The molecule has 1 aromatic heterocycles. The molecular formula is C21H26N2O3. The molecule has 0 bridgehead atoms. The van der Waals surface area contributed by atoms with E-state index in [0.29, 0.717) is 36.2 Å². The Morgan fingerprint density at radius 2 is 2.15 bits per heavy atom. The van der Waals surface area contributed by atoms with E-state index in [-0.39, 0.29) is 5.91 Å². The molecule has 1 atom stereocenters. The average molecular weight is 354 g/mol. The Balaban J connectivity index is 1.74. The number of carbonyl (C=O) groups excluding carboxylic acids is 1. The van der Waals surface area contributed by atoms with Gasteiger partial charge >= 0.3 is 0 Å². The third-order valence-electron chi connectivity index (χ3n) is 4.55. The van der Waals surface area contributed by atoms with Crippen molar-refractivity contribution in [2.75, 3.05) is 19.7 Å². The van der Waals surface area contributed by atoms with Crippen molar-refractivity contribution in [3.63, 3.8) is 0 Å². The van der Waals surface area contributed by atoms with Crippen molar-refractivity contribution < 1.29 is 14.3 Å². The van der Waals surface area contributed by atoms with Crippen molar-refractivity contribution in [2.45, 2.75) is 33.3 Å². The van der Waals surface area contributed by atoms with Gasteiger partial charge in [0.05, 0.1) is 6.61 Å². The second-order valence-electron chi connectivity index (χ2n) is 6.74. The van der Waals surface area contributed by atoms with E-state index in [1.807, 2.05) is 36.1 Å². The van der Waals surface area contributed by atoms with E-state index in [2.05, 4.69) is 11.9 Å². The van der Waals surface area contributed by atoms with Gasteiger partial charge < -0.3 is 14.4 Å². The van der Waals surface area contributed by atoms with E-state index in [4.69, 9.17) is 9.47 Å². The molecule has 26 heavy (non-hydrogen) atoms. The summed E-state index contributed by atoms with van der Waals surface area (Å²) in [7, 11) is 0. The molecule has 0 radical (unpaired) electrons. The number of ether oxygens (including phenoxy) is 2. The molecule has 0 spiro atoms. The van der Waals surface area contributed by atoms with E-state index in [9.17, 15) is 4.79 Å². The molecule has 2 aromatic rings. The molecule has 5 nitrogen and oxygen atoms in total. The highest BCUT2D eigenvalue weighted by molar-refractivity contribution is 5.95. The minimum absolute atomic E-state index is 0.0660. The summed E-state index contributed by atoms with van der Waals surface area (Å²) < 4.78 is 11.6. The summed E-state index contributed by atoms with van der Waals surface area (Å²) in [4.78, 5) is 18.8. The number of piperidine rings is 1. The maximum Gasteiger partial charge on any atom is 0.254 e. The van der Waals surface area contributed by atoms with Gasteiger partial charge in [0.15, 0.2) is 11.5 Å². The Bertz CT molecular complexity index is 733. The molecule has 1 unspecified atom stereocenters. The van der Waals surface area contributed by atoms with E-state index in [1.165, 1.54) is 6.42 Å². The van der Waals surface area contributed by atoms with Gasteiger partial charge in [0.1, 0.15) is 6.61 Å². The van der Waals surface area contributed by atoms with Crippen LogP contribution >= 0.6 is 0 Å². The fraction of sp³-hybridized carbons (Fsp3) is 0.429. The molecule has 1 saturated heterocycles. The lowest BCUT2D eigenvalue weighted by atomic mass is 9.99. The lowest BCUT2D eigenvalue weighted by Crippen LogP contribution is -2.39. The molecule has 5 heteroatoms. The first-order valence-electron chi connectivity index (χ1n) is 9.25. The molecular weight excluding hydrogens is 328 g/mol. The van der Waals surface area contributed by atoms with E-state index in [0.717, 1.165) is 25.1 Å². The monoisotopic (exact) mass is 354 g/mol. The molecule has 2 heterocycles. The van der Waals surface area contributed by atoms with Gasteiger partial charge in [0, 0.05) is 36.6 Å². The predicted molar refractivity (Wildman–Crippen MR) is 100 cm³/mol. The zero-order chi connectivity index (χ0) is 18.4. The molecule has 1 aliphatic heterocycles. The van der Waals surface area contributed by atoms with Gasteiger partial charge in [-0.2, -0.15) is 0 Å². The van der Waals surface area contributed by atoms with Crippen LogP contribution in [0.5, 0.6) is 11.5 Å². The second-order valence-corrected chi connectivity index (χ2v) is 6.74. The average Bonchev–Trinajstić information content (AvgIpc) is 2.67. The minimum Gasteiger partial charge on any atom is -0.490 e. The fourth-order valence-electron chi connectivity index (χ4n) is 3.23. The maximum atomic E-state index is 12.8. The molecule has 3 rings (SSSR count). The Kier molecular flexibility index (Phi) is 6.10. The van der Waals surface area contributed by atoms with Crippen LogP contribution in [0.4, 0.5) is 0 Å². The zero-order valence-corrected chi connectivity index (χ0v) is 15.5. The second kappa shape index (κ2) is 8.70. The van der Waals surface area contributed by atoms with Crippen molar-refractivity contribution in [3.05, 3.63) is 53.9 Å². The van der Waals surface area contributed by atoms with E-state index in [1.54, 1.807) is 18.5 Å². The largest absolute Gasteiger partial charge is 0.490 e. The van der Waals surface area contributed by atoms with Crippen LogP contribution in [0.15, 0.2) is 42.7 Å². The van der Waals surface area contributed by atoms with Crippen LogP contribution in [0.1, 0.15) is 42.6 Å². The first-order valence-corrected chi connectivity index (χ1v) is 9.25. The Morgan fingerprint density at radius 3 is 2.88 bits per heavy atom. The minimum atomic E-state index is 0.0660. The number of likely N-dealkylation sites (tertiary alicyclic amines) is 1. The highest BCUT2D eigenvalue weighted by Gasteiger charge is 2.23. The number of benzene rings is 1. The summed E-state index contributed by atoms with van der Waals surface area (Å²) in [6.45, 7) is 6.69. The molecule has 0 saturated carbocycles. The fourth-order valence-corrected chi connectivity index (χ4v) is 3.23. The van der Waals surface area contributed by atoms with Crippen LogP contribution < -0.4 is 9.47 Å². The molecule has 138 valence electrons. The van der Waals surface area contributed by atoms with Gasteiger partial charge in [-0.15, -0.1) is 0 Å². The number of aromatic nitrogens is 1. The number of pyridine rings is 1. The Hall–Kier alpha value is -2.56. The summed E-state index contributed by atoms with van der Waals surface area (Å²) in [5.41, 5.74) is 1.63. The van der Waals surface area contributed by atoms with Gasteiger partial charge in [-0.25, -0.2) is 0 Å². The van der Waals surface area contributed by atoms with Crippen LogP contribution in [0.25, 0.3) is 0 Å². The van der Waals surface area contributed by atoms with Crippen LogP contribution in [-0.2, 0) is 6.61 Å². The summed E-state index contributed by atoms with van der Waals surface area (Å²) in [6, 6.07) is 9.28. The third-order valence-corrected chi connectivity index (χ3v) is 4.55. The van der Waals surface area contributed by atoms with Crippen molar-refractivity contribution in [2.24, 2.45) is 5.92 Å². The van der Waals surface area contributed by atoms with Crippen LogP contribution in [-0.4, -0.2) is 35.5 Å².